The average Bonchev–Trinajstić information content (AvgIpc) is 2.61. The Morgan fingerprint density at radius 1 is 0.600 bits per heavy atom. The van der Waals surface area contributed by atoms with Crippen LogP contribution in [-0.2, 0) is 33.2 Å². The molecule has 0 radical (unpaired) electrons. The minimum Gasteiger partial charge on any atom is -0.463 e. The molecule has 0 aliphatic heterocycles. The standard InChI is InChI=1S/C18H36O7/c1-3-5-6-7-18(19)25-17-16-24-15-14-23-13-12-22-11-10-21-9-8-20-4-2/h3-17H2,1-2H3. The second kappa shape index (κ2) is 21.3. The lowest BCUT2D eigenvalue weighted by Crippen LogP contribution is -2.15. The average molecular weight is 364 g/mol. The molecule has 25 heavy (non-hydrogen) atoms. The third kappa shape index (κ3) is 21.2. The van der Waals surface area contributed by atoms with Gasteiger partial charge in [0.25, 0.3) is 0 Å². The summed E-state index contributed by atoms with van der Waals surface area (Å²) in [6.07, 6.45) is 3.55. The molecule has 0 atom stereocenters. The van der Waals surface area contributed by atoms with Crippen LogP contribution >= 0.6 is 0 Å². The quantitative estimate of drug-likeness (QED) is 0.242. The van der Waals surface area contributed by atoms with Gasteiger partial charge in [0.05, 0.1) is 59.5 Å². The Morgan fingerprint density at radius 3 is 1.48 bits per heavy atom. The van der Waals surface area contributed by atoms with Gasteiger partial charge in [0.1, 0.15) is 6.61 Å². The smallest absolute Gasteiger partial charge is 0.305 e. The monoisotopic (exact) mass is 364 g/mol. The largest absolute Gasteiger partial charge is 0.463 e. The first-order chi connectivity index (χ1) is 12.3. The fourth-order valence-corrected chi connectivity index (χ4v) is 1.83. The number of ether oxygens (including phenoxy) is 6. The van der Waals surface area contributed by atoms with Crippen LogP contribution < -0.4 is 0 Å². The molecule has 0 unspecified atom stereocenters. The first kappa shape index (κ1) is 24.3. The molecule has 0 spiro atoms. The van der Waals surface area contributed by atoms with Crippen LogP contribution in [0.3, 0.4) is 0 Å². The predicted molar refractivity (Wildman–Crippen MR) is 94.9 cm³/mol. The summed E-state index contributed by atoms with van der Waals surface area (Å²) in [5.41, 5.74) is 0. The molecule has 0 aliphatic rings. The zero-order valence-electron chi connectivity index (χ0n) is 16.0. The number of esters is 1. The molecule has 0 aromatic rings. The maximum absolute atomic E-state index is 11.3. The highest BCUT2D eigenvalue weighted by Crippen LogP contribution is 2.00. The summed E-state index contributed by atoms with van der Waals surface area (Å²) in [5, 5.41) is 0. The van der Waals surface area contributed by atoms with Crippen molar-refractivity contribution in [3.05, 3.63) is 0 Å². The molecule has 0 saturated carbocycles. The number of rotatable bonds is 20. The highest BCUT2D eigenvalue weighted by atomic mass is 16.6. The van der Waals surface area contributed by atoms with E-state index in [0.29, 0.717) is 79.1 Å². The molecule has 0 N–H and O–H groups in total. The maximum Gasteiger partial charge on any atom is 0.305 e. The lowest BCUT2D eigenvalue weighted by Gasteiger charge is -2.08. The summed E-state index contributed by atoms with van der Waals surface area (Å²) >= 11 is 0. The van der Waals surface area contributed by atoms with E-state index in [-0.39, 0.29) is 5.97 Å². The van der Waals surface area contributed by atoms with E-state index in [0.717, 1.165) is 19.3 Å². The van der Waals surface area contributed by atoms with Crippen molar-refractivity contribution in [3.8, 4) is 0 Å². The second-order valence-corrected chi connectivity index (χ2v) is 5.32. The Hall–Kier alpha value is -0.730. The molecule has 0 saturated heterocycles. The van der Waals surface area contributed by atoms with Crippen molar-refractivity contribution in [2.75, 3.05) is 72.7 Å². The fourth-order valence-electron chi connectivity index (χ4n) is 1.83. The van der Waals surface area contributed by atoms with Crippen LogP contribution in [0.2, 0.25) is 0 Å². The molecule has 0 aromatic heterocycles. The third-order valence-corrected chi connectivity index (χ3v) is 3.17. The highest BCUT2D eigenvalue weighted by molar-refractivity contribution is 5.69. The van der Waals surface area contributed by atoms with Gasteiger partial charge in [-0.2, -0.15) is 0 Å². The maximum atomic E-state index is 11.3. The Balaban J connectivity index is 3.06. The zero-order valence-corrected chi connectivity index (χ0v) is 16.0. The molecule has 0 aliphatic carbocycles. The van der Waals surface area contributed by atoms with E-state index in [4.69, 9.17) is 28.4 Å². The summed E-state index contributed by atoms with van der Waals surface area (Å²) in [5.74, 6) is -0.146. The molecule has 0 rings (SSSR count). The van der Waals surface area contributed by atoms with Crippen LogP contribution in [0.4, 0.5) is 0 Å². The van der Waals surface area contributed by atoms with Gasteiger partial charge >= 0.3 is 5.97 Å². The van der Waals surface area contributed by atoms with Gasteiger partial charge < -0.3 is 28.4 Å². The normalized spacial score (nSPS) is 11.0. The third-order valence-electron chi connectivity index (χ3n) is 3.17. The van der Waals surface area contributed by atoms with E-state index in [1.807, 2.05) is 6.92 Å². The molecule has 0 fully saturated rings. The minimum atomic E-state index is -0.146. The predicted octanol–water partition coefficient (Wildman–Crippen LogP) is 2.21. The van der Waals surface area contributed by atoms with Crippen molar-refractivity contribution in [2.24, 2.45) is 0 Å². The van der Waals surface area contributed by atoms with E-state index in [1.165, 1.54) is 0 Å². The summed E-state index contributed by atoms with van der Waals surface area (Å²) in [6, 6.07) is 0. The number of hydrogen-bond acceptors (Lipinski definition) is 7. The summed E-state index contributed by atoms with van der Waals surface area (Å²) < 4.78 is 31.6. The van der Waals surface area contributed by atoms with Crippen LogP contribution in [0.25, 0.3) is 0 Å². The molecule has 7 heteroatoms. The van der Waals surface area contributed by atoms with E-state index >= 15 is 0 Å². The van der Waals surface area contributed by atoms with Gasteiger partial charge in [-0.15, -0.1) is 0 Å². The van der Waals surface area contributed by atoms with Crippen LogP contribution in [0.1, 0.15) is 39.5 Å². The number of carbonyl (C=O) groups is 1. The first-order valence-corrected chi connectivity index (χ1v) is 9.35. The second-order valence-electron chi connectivity index (χ2n) is 5.32. The van der Waals surface area contributed by atoms with E-state index in [2.05, 4.69) is 6.92 Å². The lowest BCUT2D eigenvalue weighted by molar-refractivity contribution is -0.145. The van der Waals surface area contributed by atoms with Gasteiger partial charge in [0.2, 0.25) is 0 Å². The van der Waals surface area contributed by atoms with Crippen molar-refractivity contribution < 1.29 is 33.2 Å². The number of carbonyl (C=O) groups excluding carboxylic acids is 1. The molecular weight excluding hydrogens is 328 g/mol. The molecule has 0 amide bonds. The van der Waals surface area contributed by atoms with Crippen molar-refractivity contribution in [2.45, 2.75) is 39.5 Å². The molecule has 0 bridgehead atoms. The van der Waals surface area contributed by atoms with Gasteiger partial charge in [0, 0.05) is 13.0 Å². The SMILES string of the molecule is CCCCCC(=O)OCCOCCOCCOCCOCCOCC. The molecule has 0 heterocycles. The molecular formula is C18H36O7. The topological polar surface area (TPSA) is 72.5 Å². The first-order valence-electron chi connectivity index (χ1n) is 9.35. The summed E-state index contributed by atoms with van der Waals surface area (Å²) in [6.45, 7) is 9.85. The van der Waals surface area contributed by atoms with Gasteiger partial charge in [-0.05, 0) is 13.3 Å². The van der Waals surface area contributed by atoms with Crippen molar-refractivity contribution in [1.82, 2.24) is 0 Å². The Labute approximate surface area is 152 Å². The molecule has 0 aromatic carbocycles. The van der Waals surface area contributed by atoms with Crippen LogP contribution in [-0.4, -0.2) is 78.6 Å². The Morgan fingerprint density at radius 2 is 1.04 bits per heavy atom. The van der Waals surface area contributed by atoms with Gasteiger partial charge in [-0.3, -0.25) is 4.79 Å². The van der Waals surface area contributed by atoms with Gasteiger partial charge in [-0.1, -0.05) is 19.8 Å². The van der Waals surface area contributed by atoms with Crippen LogP contribution in [0, 0.1) is 0 Å². The zero-order chi connectivity index (χ0) is 18.4. The van der Waals surface area contributed by atoms with Crippen molar-refractivity contribution in [3.63, 3.8) is 0 Å². The van der Waals surface area contributed by atoms with E-state index in [1.54, 1.807) is 0 Å². The van der Waals surface area contributed by atoms with E-state index in [9.17, 15) is 4.79 Å². The van der Waals surface area contributed by atoms with Crippen LogP contribution in [0.5, 0.6) is 0 Å². The Kier molecular flexibility index (Phi) is 20.7. The molecule has 7 nitrogen and oxygen atoms in total. The van der Waals surface area contributed by atoms with Gasteiger partial charge in [0.15, 0.2) is 0 Å². The van der Waals surface area contributed by atoms with Crippen molar-refractivity contribution in [1.29, 1.82) is 0 Å². The Bertz CT molecular complexity index is 274. The summed E-state index contributed by atoms with van der Waals surface area (Å²) in [4.78, 5) is 11.3. The highest BCUT2D eigenvalue weighted by Gasteiger charge is 2.01. The van der Waals surface area contributed by atoms with E-state index < -0.39 is 0 Å². The number of unbranched alkanes of at least 4 members (excludes halogenated alkanes) is 2. The fraction of sp³-hybridized carbons (Fsp3) is 0.944. The van der Waals surface area contributed by atoms with Crippen molar-refractivity contribution >= 4 is 5.97 Å². The van der Waals surface area contributed by atoms with Gasteiger partial charge in [-0.25, -0.2) is 0 Å². The minimum absolute atomic E-state index is 0.146. The van der Waals surface area contributed by atoms with Crippen LogP contribution in [0.15, 0.2) is 0 Å². The lowest BCUT2D eigenvalue weighted by atomic mass is 10.2. The summed E-state index contributed by atoms with van der Waals surface area (Å²) in [7, 11) is 0. The molecule has 150 valence electrons. The number of hydrogen-bond donors (Lipinski definition) is 0.